The average molecular weight is 284 g/mol. The number of halogens is 1. The van der Waals surface area contributed by atoms with Crippen molar-refractivity contribution in [2.45, 2.75) is 19.4 Å². The number of aromatic nitrogens is 1. The predicted octanol–water partition coefficient (Wildman–Crippen LogP) is 2.03. The molecule has 0 aromatic carbocycles. The Labute approximate surface area is 117 Å². The van der Waals surface area contributed by atoms with Crippen LogP contribution in [0.25, 0.3) is 0 Å². The van der Waals surface area contributed by atoms with Crippen LogP contribution < -0.4 is 5.32 Å². The van der Waals surface area contributed by atoms with Crippen molar-refractivity contribution in [3.8, 4) is 0 Å². The minimum atomic E-state index is -0.315. The molecule has 0 bridgehead atoms. The number of pyridine rings is 1. The Hall–Kier alpha value is -1.33. The van der Waals surface area contributed by atoms with Gasteiger partial charge in [0.15, 0.2) is 0 Å². The van der Waals surface area contributed by atoms with Crippen LogP contribution in [-0.4, -0.2) is 48.1 Å². The lowest BCUT2D eigenvalue weighted by Gasteiger charge is -2.42. The molecule has 1 aromatic rings. The van der Waals surface area contributed by atoms with Crippen LogP contribution in [-0.2, 0) is 4.74 Å². The van der Waals surface area contributed by atoms with E-state index in [-0.39, 0.29) is 11.4 Å². The molecule has 0 unspecified atom stereocenters. The predicted molar refractivity (Wildman–Crippen MR) is 74.7 cm³/mol. The normalized spacial score (nSPS) is 18.2. The van der Waals surface area contributed by atoms with E-state index in [4.69, 9.17) is 16.3 Å². The van der Waals surface area contributed by atoms with Crippen molar-refractivity contribution in [3.05, 3.63) is 22.8 Å². The lowest BCUT2D eigenvalue weighted by Crippen LogP contribution is -2.55. The second-order valence-electron chi connectivity index (χ2n) is 5.14. The van der Waals surface area contributed by atoms with Gasteiger partial charge in [-0.15, -0.1) is 0 Å². The molecule has 6 heteroatoms. The third-order valence-corrected chi connectivity index (χ3v) is 3.38. The molecule has 0 spiro atoms. The van der Waals surface area contributed by atoms with E-state index < -0.39 is 0 Å². The highest BCUT2D eigenvalue weighted by atomic mass is 35.5. The highest BCUT2D eigenvalue weighted by molar-refractivity contribution is 6.29. The largest absolute Gasteiger partial charge is 0.377 e. The van der Waals surface area contributed by atoms with Crippen LogP contribution in [0.4, 0.5) is 5.82 Å². The average Bonchev–Trinajstić information content (AvgIpc) is 2.36. The molecule has 1 fully saturated rings. The van der Waals surface area contributed by atoms with E-state index in [2.05, 4.69) is 10.3 Å². The van der Waals surface area contributed by atoms with Crippen molar-refractivity contribution in [1.82, 2.24) is 9.88 Å². The van der Waals surface area contributed by atoms with Crippen molar-refractivity contribution in [3.63, 3.8) is 0 Å². The van der Waals surface area contributed by atoms with E-state index in [1.54, 1.807) is 19.2 Å². The molecule has 0 aliphatic carbocycles. The number of morpholine rings is 1. The summed E-state index contributed by atoms with van der Waals surface area (Å²) in [7, 11) is 1.74. The number of hydrogen-bond donors (Lipinski definition) is 1. The molecule has 5 nitrogen and oxygen atoms in total. The summed E-state index contributed by atoms with van der Waals surface area (Å²) in [5.74, 6) is 0.538. The minimum absolute atomic E-state index is 0.0471. The smallest absolute Gasteiger partial charge is 0.254 e. The van der Waals surface area contributed by atoms with Crippen LogP contribution >= 0.6 is 11.6 Å². The standard InChI is InChI=1S/C13H18ClN3O2/c1-13(2)8-19-5-4-17(13)12(18)9-6-10(14)16-11(7-9)15-3/h6-7H,4-5,8H2,1-3H3,(H,15,16). The van der Waals surface area contributed by atoms with Gasteiger partial charge in [-0.05, 0) is 26.0 Å². The molecule has 2 rings (SSSR count). The number of anilines is 1. The van der Waals surface area contributed by atoms with Gasteiger partial charge in [-0.2, -0.15) is 0 Å². The summed E-state index contributed by atoms with van der Waals surface area (Å²) in [6.07, 6.45) is 0. The van der Waals surface area contributed by atoms with Gasteiger partial charge in [-0.25, -0.2) is 4.98 Å². The van der Waals surface area contributed by atoms with E-state index in [1.807, 2.05) is 18.7 Å². The summed E-state index contributed by atoms with van der Waals surface area (Å²) >= 11 is 5.94. The topological polar surface area (TPSA) is 54.5 Å². The maximum Gasteiger partial charge on any atom is 0.254 e. The van der Waals surface area contributed by atoms with Crippen LogP contribution in [0.1, 0.15) is 24.2 Å². The van der Waals surface area contributed by atoms with Gasteiger partial charge >= 0.3 is 0 Å². The Bertz CT molecular complexity index is 491. The molecule has 1 N–H and O–H groups in total. The third kappa shape index (κ3) is 2.98. The zero-order valence-corrected chi connectivity index (χ0v) is 12.1. The van der Waals surface area contributed by atoms with E-state index in [1.165, 1.54) is 0 Å². The fraction of sp³-hybridized carbons (Fsp3) is 0.538. The van der Waals surface area contributed by atoms with E-state index in [9.17, 15) is 4.79 Å². The number of amides is 1. The molecule has 0 radical (unpaired) electrons. The SMILES string of the molecule is CNc1cc(C(=O)N2CCOCC2(C)C)cc(Cl)n1. The number of nitrogens with one attached hydrogen (secondary N) is 1. The summed E-state index contributed by atoms with van der Waals surface area (Å²) in [5.41, 5.74) is 0.226. The maximum atomic E-state index is 12.6. The monoisotopic (exact) mass is 283 g/mol. The van der Waals surface area contributed by atoms with Gasteiger partial charge in [0, 0.05) is 19.2 Å². The van der Waals surface area contributed by atoms with Crippen molar-refractivity contribution < 1.29 is 9.53 Å². The van der Waals surface area contributed by atoms with Gasteiger partial charge in [-0.1, -0.05) is 11.6 Å². The molecule has 19 heavy (non-hydrogen) atoms. The fourth-order valence-electron chi connectivity index (χ4n) is 2.14. The number of carbonyl (C=O) groups excluding carboxylic acids is 1. The Kier molecular flexibility index (Phi) is 3.96. The van der Waals surface area contributed by atoms with Crippen LogP contribution in [0.5, 0.6) is 0 Å². The molecule has 2 heterocycles. The summed E-state index contributed by atoms with van der Waals surface area (Å²) in [6, 6.07) is 3.30. The first-order valence-corrected chi connectivity index (χ1v) is 6.57. The van der Waals surface area contributed by atoms with Gasteiger partial charge < -0.3 is 15.0 Å². The summed E-state index contributed by atoms with van der Waals surface area (Å²) < 4.78 is 5.42. The van der Waals surface area contributed by atoms with Crippen LogP contribution in [0.3, 0.4) is 0 Å². The zero-order chi connectivity index (χ0) is 14.0. The molecular formula is C13H18ClN3O2. The highest BCUT2D eigenvalue weighted by Crippen LogP contribution is 2.23. The first-order valence-electron chi connectivity index (χ1n) is 6.19. The quantitative estimate of drug-likeness (QED) is 0.844. The van der Waals surface area contributed by atoms with E-state index >= 15 is 0 Å². The third-order valence-electron chi connectivity index (χ3n) is 3.19. The first-order chi connectivity index (χ1) is 8.94. The molecular weight excluding hydrogens is 266 g/mol. The second kappa shape index (κ2) is 5.35. The second-order valence-corrected chi connectivity index (χ2v) is 5.52. The molecule has 1 aliphatic rings. The molecule has 0 saturated carbocycles. The minimum Gasteiger partial charge on any atom is -0.377 e. The number of nitrogens with zero attached hydrogens (tertiary/aromatic N) is 2. The van der Waals surface area contributed by atoms with Crippen molar-refractivity contribution in [2.75, 3.05) is 32.1 Å². The van der Waals surface area contributed by atoms with Crippen molar-refractivity contribution >= 4 is 23.3 Å². The Morgan fingerprint density at radius 2 is 2.26 bits per heavy atom. The number of hydrogen-bond acceptors (Lipinski definition) is 4. The number of ether oxygens (including phenoxy) is 1. The summed E-state index contributed by atoms with van der Waals surface area (Å²) in [5, 5.41) is 3.20. The van der Waals surface area contributed by atoms with Gasteiger partial charge in [0.1, 0.15) is 11.0 Å². The molecule has 1 aliphatic heterocycles. The van der Waals surface area contributed by atoms with Crippen molar-refractivity contribution in [1.29, 1.82) is 0 Å². The molecule has 104 valence electrons. The first kappa shape index (κ1) is 14.1. The lowest BCUT2D eigenvalue weighted by molar-refractivity contribution is -0.0370. The Morgan fingerprint density at radius 1 is 1.53 bits per heavy atom. The van der Waals surface area contributed by atoms with Crippen molar-refractivity contribution in [2.24, 2.45) is 0 Å². The van der Waals surface area contributed by atoms with Gasteiger partial charge in [0.05, 0.1) is 18.8 Å². The molecule has 0 atom stereocenters. The zero-order valence-electron chi connectivity index (χ0n) is 11.4. The highest BCUT2D eigenvalue weighted by Gasteiger charge is 2.34. The van der Waals surface area contributed by atoms with Gasteiger partial charge in [-0.3, -0.25) is 4.79 Å². The van der Waals surface area contributed by atoms with Gasteiger partial charge in [0.25, 0.3) is 5.91 Å². The summed E-state index contributed by atoms with van der Waals surface area (Å²) in [4.78, 5) is 18.5. The van der Waals surface area contributed by atoms with E-state index in [0.717, 1.165) is 0 Å². The molecule has 1 amide bonds. The van der Waals surface area contributed by atoms with Crippen LogP contribution in [0, 0.1) is 0 Å². The van der Waals surface area contributed by atoms with Crippen LogP contribution in [0.15, 0.2) is 12.1 Å². The number of rotatable bonds is 2. The maximum absolute atomic E-state index is 12.6. The lowest BCUT2D eigenvalue weighted by atomic mass is 10.0. The number of carbonyl (C=O) groups is 1. The Balaban J connectivity index is 2.30. The van der Waals surface area contributed by atoms with Gasteiger partial charge in [0.2, 0.25) is 0 Å². The fourth-order valence-corrected chi connectivity index (χ4v) is 2.35. The Morgan fingerprint density at radius 3 is 2.89 bits per heavy atom. The van der Waals surface area contributed by atoms with E-state index in [0.29, 0.717) is 36.3 Å². The van der Waals surface area contributed by atoms with Crippen LogP contribution in [0.2, 0.25) is 5.15 Å². The molecule has 1 aromatic heterocycles. The summed E-state index contributed by atoms with van der Waals surface area (Å²) in [6.45, 7) is 5.67. The molecule has 1 saturated heterocycles.